The molecule has 0 atom stereocenters. The minimum Gasteiger partial charge on any atom is -0.325 e. The summed E-state index contributed by atoms with van der Waals surface area (Å²) in [7, 11) is 0. The SMILES string of the molecule is Cc1[nH]c(=O)c(C#N)c(C)c1CCC(=O)Nc1ccccc1C(=O)Nc1cccc(C(F)(F)F)c1. The molecule has 0 bridgehead atoms. The molecule has 3 rings (SSSR count). The van der Waals surface area contributed by atoms with Crippen LogP contribution in [0, 0.1) is 25.2 Å². The highest BCUT2D eigenvalue weighted by Crippen LogP contribution is 2.31. The Kier molecular flexibility index (Phi) is 7.40. The number of nitrogens with one attached hydrogen (secondary N) is 3. The Bertz CT molecular complexity index is 1390. The summed E-state index contributed by atoms with van der Waals surface area (Å²) >= 11 is 0. The molecule has 1 heterocycles. The molecule has 3 N–H and O–H groups in total. The van der Waals surface area contributed by atoms with Crippen LogP contribution in [-0.2, 0) is 17.4 Å². The molecule has 0 fully saturated rings. The second-order valence-corrected chi connectivity index (χ2v) is 7.80. The van der Waals surface area contributed by atoms with Gasteiger partial charge in [0.25, 0.3) is 11.5 Å². The number of benzene rings is 2. The fraction of sp³-hybridized carbons (Fsp3) is 0.200. The van der Waals surface area contributed by atoms with Crippen molar-refractivity contribution in [2.24, 2.45) is 0 Å². The first kappa shape index (κ1) is 25.2. The van der Waals surface area contributed by atoms with Crippen molar-refractivity contribution in [1.82, 2.24) is 4.98 Å². The summed E-state index contributed by atoms with van der Waals surface area (Å²) < 4.78 is 38.8. The second kappa shape index (κ2) is 10.3. The van der Waals surface area contributed by atoms with Crippen molar-refractivity contribution in [3.8, 4) is 6.07 Å². The molecule has 1 aromatic heterocycles. The Morgan fingerprint density at radius 1 is 1.06 bits per heavy atom. The molecule has 0 aliphatic rings. The van der Waals surface area contributed by atoms with Gasteiger partial charge in [-0.3, -0.25) is 14.4 Å². The average molecular weight is 482 g/mol. The zero-order chi connectivity index (χ0) is 25.8. The van der Waals surface area contributed by atoms with Gasteiger partial charge in [0.15, 0.2) is 0 Å². The number of amides is 2. The Hall–Kier alpha value is -4.39. The van der Waals surface area contributed by atoms with E-state index in [-0.39, 0.29) is 35.3 Å². The topological polar surface area (TPSA) is 115 Å². The maximum Gasteiger partial charge on any atom is 0.416 e. The summed E-state index contributed by atoms with van der Waals surface area (Å²) in [5.74, 6) is -1.11. The lowest BCUT2D eigenvalue weighted by Gasteiger charge is -2.14. The number of aryl methyl sites for hydroxylation is 1. The van der Waals surface area contributed by atoms with Gasteiger partial charge in [-0.15, -0.1) is 0 Å². The number of carbonyl (C=O) groups is 2. The maximum absolute atomic E-state index is 12.9. The number of pyridine rings is 1. The first-order chi connectivity index (χ1) is 16.5. The number of hydrogen-bond donors (Lipinski definition) is 3. The highest BCUT2D eigenvalue weighted by atomic mass is 19.4. The summed E-state index contributed by atoms with van der Waals surface area (Å²) in [5, 5.41) is 14.3. The van der Waals surface area contributed by atoms with Crippen molar-refractivity contribution >= 4 is 23.2 Å². The maximum atomic E-state index is 12.9. The predicted octanol–water partition coefficient (Wildman–Crippen LogP) is 4.71. The first-order valence-electron chi connectivity index (χ1n) is 10.5. The van der Waals surface area contributed by atoms with Gasteiger partial charge in [-0.1, -0.05) is 18.2 Å². The van der Waals surface area contributed by atoms with Crippen molar-refractivity contribution < 1.29 is 22.8 Å². The molecular weight excluding hydrogens is 461 g/mol. The average Bonchev–Trinajstić information content (AvgIpc) is 2.79. The summed E-state index contributed by atoms with van der Waals surface area (Å²) in [6.07, 6.45) is -4.31. The van der Waals surface area contributed by atoms with E-state index in [1.54, 1.807) is 26.0 Å². The van der Waals surface area contributed by atoms with Gasteiger partial charge in [0.2, 0.25) is 5.91 Å². The Morgan fingerprint density at radius 2 is 1.77 bits per heavy atom. The monoisotopic (exact) mass is 482 g/mol. The van der Waals surface area contributed by atoms with Crippen LogP contribution in [0.25, 0.3) is 0 Å². The van der Waals surface area contributed by atoms with Gasteiger partial charge in [0.1, 0.15) is 11.6 Å². The summed E-state index contributed by atoms with van der Waals surface area (Å²) in [4.78, 5) is 39.8. The molecule has 0 radical (unpaired) electrons. The van der Waals surface area contributed by atoms with E-state index in [0.717, 1.165) is 12.1 Å². The predicted molar refractivity (Wildman–Crippen MR) is 124 cm³/mol. The van der Waals surface area contributed by atoms with E-state index < -0.39 is 29.1 Å². The number of H-pyrrole nitrogens is 1. The minimum absolute atomic E-state index is 0.00216. The van der Waals surface area contributed by atoms with Crippen molar-refractivity contribution in [3.05, 3.63) is 92.4 Å². The number of hydrogen-bond acceptors (Lipinski definition) is 4. The van der Waals surface area contributed by atoms with Gasteiger partial charge in [-0.2, -0.15) is 18.4 Å². The van der Waals surface area contributed by atoms with Crippen LogP contribution < -0.4 is 16.2 Å². The normalized spacial score (nSPS) is 11.0. The Morgan fingerprint density at radius 3 is 2.46 bits per heavy atom. The number of anilines is 2. The van der Waals surface area contributed by atoms with E-state index in [0.29, 0.717) is 16.8 Å². The smallest absolute Gasteiger partial charge is 0.325 e. The molecule has 0 aliphatic carbocycles. The molecule has 0 unspecified atom stereocenters. The van der Waals surface area contributed by atoms with Crippen LogP contribution in [0.1, 0.15) is 44.7 Å². The van der Waals surface area contributed by atoms with Gasteiger partial charge < -0.3 is 15.6 Å². The van der Waals surface area contributed by atoms with Crippen LogP contribution in [0.3, 0.4) is 0 Å². The molecule has 0 aliphatic heterocycles. The molecule has 0 saturated heterocycles. The number of alkyl halides is 3. The van der Waals surface area contributed by atoms with E-state index in [1.165, 1.54) is 24.3 Å². The van der Waals surface area contributed by atoms with Crippen molar-refractivity contribution in [1.29, 1.82) is 5.26 Å². The fourth-order valence-corrected chi connectivity index (χ4v) is 3.63. The summed E-state index contributed by atoms with van der Waals surface area (Å²) in [6.45, 7) is 3.32. The van der Waals surface area contributed by atoms with Crippen LogP contribution in [0.2, 0.25) is 0 Å². The fourth-order valence-electron chi connectivity index (χ4n) is 3.63. The van der Waals surface area contributed by atoms with Gasteiger partial charge in [0, 0.05) is 17.8 Å². The largest absolute Gasteiger partial charge is 0.416 e. The zero-order valence-corrected chi connectivity index (χ0v) is 18.8. The first-order valence-corrected chi connectivity index (χ1v) is 10.5. The third-order valence-corrected chi connectivity index (χ3v) is 5.42. The number of nitrogens with zero attached hydrogens (tertiary/aromatic N) is 1. The number of para-hydroxylation sites is 1. The lowest BCUT2D eigenvalue weighted by atomic mass is 9.99. The molecule has 2 amide bonds. The van der Waals surface area contributed by atoms with Crippen LogP contribution in [0.4, 0.5) is 24.5 Å². The van der Waals surface area contributed by atoms with Crippen LogP contribution in [0.15, 0.2) is 53.3 Å². The molecular formula is C25H21F3N4O3. The lowest BCUT2D eigenvalue weighted by Crippen LogP contribution is -2.20. The molecule has 35 heavy (non-hydrogen) atoms. The Labute approximate surface area is 198 Å². The third-order valence-electron chi connectivity index (χ3n) is 5.42. The standard InChI is InChI=1S/C25H21F3N4O3/c1-14-18(15(2)30-24(35)20(14)13-29)10-11-22(33)32-21-9-4-3-8-19(21)23(34)31-17-7-5-6-16(12-17)25(26,27)28/h3-9,12H,10-11H2,1-2H3,(H,30,35)(H,31,34)(H,32,33). The van der Waals surface area contributed by atoms with E-state index in [9.17, 15) is 32.8 Å². The number of aromatic nitrogens is 1. The number of nitriles is 1. The summed E-state index contributed by atoms with van der Waals surface area (Å²) in [5.41, 5.74) is 0.553. The lowest BCUT2D eigenvalue weighted by molar-refractivity contribution is -0.137. The molecule has 2 aromatic carbocycles. The molecule has 10 heteroatoms. The second-order valence-electron chi connectivity index (χ2n) is 7.80. The zero-order valence-electron chi connectivity index (χ0n) is 18.8. The van der Waals surface area contributed by atoms with Crippen LogP contribution in [-0.4, -0.2) is 16.8 Å². The van der Waals surface area contributed by atoms with Gasteiger partial charge in [0.05, 0.1) is 16.8 Å². The van der Waals surface area contributed by atoms with Crippen molar-refractivity contribution in [2.45, 2.75) is 32.9 Å². The number of rotatable bonds is 6. The quantitative estimate of drug-likeness (QED) is 0.472. The van der Waals surface area contributed by atoms with Crippen LogP contribution in [0.5, 0.6) is 0 Å². The highest BCUT2D eigenvalue weighted by Gasteiger charge is 2.30. The minimum atomic E-state index is -4.55. The van der Waals surface area contributed by atoms with E-state index in [1.807, 2.05) is 6.07 Å². The van der Waals surface area contributed by atoms with E-state index >= 15 is 0 Å². The van der Waals surface area contributed by atoms with E-state index in [4.69, 9.17) is 0 Å². The van der Waals surface area contributed by atoms with E-state index in [2.05, 4.69) is 15.6 Å². The van der Waals surface area contributed by atoms with Crippen LogP contribution >= 0.6 is 0 Å². The number of carbonyl (C=O) groups excluding carboxylic acids is 2. The number of halogens is 3. The highest BCUT2D eigenvalue weighted by molar-refractivity contribution is 6.10. The molecule has 7 nitrogen and oxygen atoms in total. The molecule has 3 aromatic rings. The van der Waals surface area contributed by atoms with Crippen molar-refractivity contribution in [2.75, 3.05) is 10.6 Å². The van der Waals surface area contributed by atoms with Gasteiger partial charge in [-0.25, -0.2) is 0 Å². The van der Waals surface area contributed by atoms with Gasteiger partial charge >= 0.3 is 6.18 Å². The Balaban J connectivity index is 1.73. The molecule has 0 saturated carbocycles. The molecule has 180 valence electrons. The van der Waals surface area contributed by atoms with Gasteiger partial charge in [-0.05, 0) is 61.7 Å². The number of aromatic amines is 1. The molecule has 0 spiro atoms. The summed E-state index contributed by atoms with van der Waals surface area (Å²) in [6, 6.07) is 12.2. The van der Waals surface area contributed by atoms with Crippen molar-refractivity contribution in [3.63, 3.8) is 0 Å². The third kappa shape index (κ3) is 5.95.